The minimum absolute atomic E-state index is 0.0507. The summed E-state index contributed by atoms with van der Waals surface area (Å²) in [5, 5.41) is 25.1. The third-order valence-electron chi connectivity index (χ3n) is 10.2. The van der Waals surface area contributed by atoms with Crippen molar-refractivity contribution in [1.29, 1.82) is 0 Å². The highest BCUT2D eigenvalue weighted by atomic mass is 32.1. The Morgan fingerprint density at radius 3 is 2.04 bits per heavy atom. The zero-order valence-corrected chi connectivity index (χ0v) is 30.0. The molecule has 4 N–H and O–H groups in total. The van der Waals surface area contributed by atoms with Crippen molar-refractivity contribution in [1.82, 2.24) is 4.90 Å². The Kier molecular flexibility index (Phi) is 11.5. The van der Waals surface area contributed by atoms with Gasteiger partial charge in [-0.3, -0.25) is 19.2 Å². The Morgan fingerprint density at radius 1 is 0.750 bits per heavy atom. The fourth-order valence-corrected chi connectivity index (χ4v) is 8.54. The molecule has 1 saturated carbocycles. The van der Waals surface area contributed by atoms with Gasteiger partial charge in [-0.25, -0.2) is 4.79 Å². The second kappa shape index (κ2) is 16.4. The summed E-state index contributed by atoms with van der Waals surface area (Å²) in [6, 6.07) is 21.6. The molecule has 52 heavy (non-hydrogen) atoms. The smallest absolute Gasteiger partial charge is 0.335 e. The number of carbonyl (C=O) groups is 5. The van der Waals surface area contributed by atoms with Crippen molar-refractivity contribution in [2.45, 2.75) is 83.7 Å². The van der Waals surface area contributed by atoms with Crippen LogP contribution in [0.3, 0.4) is 0 Å². The van der Waals surface area contributed by atoms with Crippen LogP contribution in [0.2, 0.25) is 0 Å². The van der Waals surface area contributed by atoms with E-state index < -0.39 is 11.9 Å². The first-order valence-corrected chi connectivity index (χ1v) is 18.6. The molecule has 1 fully saturated rings. The highest BCUT2D eigenvalue weighted by Crippen LogP contribution is 2.39. The van der Waals surface area contributed by atoms with Crippen molar-refractivity contribution in [3.05, 3.63) is 117 Å². The number of carboxylic acid groups (broad SMARTS) is 2. The quantitative estimate of drug-likeness (QED) is 0.118. The largest absolute Gasteiger partial charge is 0.481 e. The van der Waals surface area contributed by atoms with E-state index in [1.807, 2.05) is 42.5 Å². The molecule has 0 aliphatic heterocycles. The van der Waals surface area contributed by atoms with Crippen LogP contribution in [0.15, 0.2) is 72.8 Å². The van der Waals surface area contributed by atoms with Crippen LogP contribution >= 0.6 is 11.3 Å². The number of amides is 3. The van der Waals surface area contributed by atoms with E-state index in [0.29, 0.717) is 54.0 Å². The van der Waals surface area contributed by atoms with Gasteiger partial charge in [0, 0.05) is 35.6 Å². The van der Waals surface area contributed by atoms with E-state index in [4.69, 9.17) is 5.11 Å². The van der Waals surface area contributed by atoms with Gasteiger partial charge in [0.2, 0.25) is 5.91 Å². The Bertz CT molecular complexity index is 1960. The average molecular weight is 722 g/mol. The monoisotopic (exact) mass is 721 g/mol. The molecule has 3 aromatic carbocycles. The van der Waals surface area contributed by atoms with Gasteiger partial charge in [0.15, 0.2) is 0 Å². The van der Waals surface area contributed by atoms with Crippen LogP contribution in [-0.2, 0) is 41.8 Å². The molecule has 2 aliphatic carbocycles. The van der Waals surface area contributed by atoms with Crippen LogP contribution in [0, 0.1) is 5.92 Å². The van der Waals surface area contributed by atoms with Crippen molar-refractivity contribution < 1.29 is 34.2 Å². The molecule has 6 rings (SSSR count). The van der Waals surface area contributed by atoms with E-state index in [-0.39, 0.29) is 35.2 Å². The van der Waals surface area contributed by atoms with Crippen LogP contribution in [0.25, 0.3) is 0 Å². The molecular weight excluding hydrogens is 679 g/mol. The van der Waals surface area contributed by atoms with E-state index in [0.717, 1.165) is 65.7 Å². The van der Waals surface area contributed by atoms with Crippen LogP contribution in [0.4, 0.5) is 10.7 Å². The van der Waals surface area contributed by atoms with E-state index in [2.05, 4.69) is 10.6 Å². The Morgan fingerprint density at radius 2 is 1.40 bits per heavy atom. The fourth-order valence-electron chi connectivity index (χ4n) is 7.26. The lowest BCUT2D eigenvalue weighted by molar-refractivity contribution is -0.143. The first-order valence-electron chi connectivity index (χ1n) is 17.8. The molecule has 0 saturated heterocycles. The lowest BCUT2D eigenvalue weighted by atomic mass is 9.85. The van der Waals surface area contributed by atoms with Gasteiger partial charge in [0.05, 0.1) is 17.0 Å². The molecule has 0 atom stereocenters. The molecule has 4 aromatic rings. The first kappa shape index (κ1) is 36.5. The third-order valence-corrected chi connectivity index (χ3v) is 11.4. The van der Waals surface area contributed by atoms with Crippen LogP contribution < -0.4 is 10.6 Å². The van der Waals surface area contributed by atoms with E-state index in [1.165, 1.54) is 18.3 Å². The second-order valence-corrected chi connectivity index (χ2v) is 14.8. The standard InChI is InChI=1S/C41H43N3O7S/c1-25(45)44(33-21-17-30(18-22-33)41(50)51)24-28-5-4-6-31(23-28)37(46)43-39-36(34-7-2-3-8-35(34)52-39)38(47)42-32-19-13-27(14-20-32)10-9-26-11-15-29(16-12-26)40(48)49/h4-6,11-16,19-20,23,30,33H,2-3,7-10,17-18,21-22,24H2,1H3,(H,42,47)(H,43,46)(H,48,49)(H,50,51). The van der Waals surface area contributed by atoms with Crippen molar-refractivity contribution in [2.24, 2.45) is 5.92 Å². The zero-order valence-electron chi connectivity index (χ0n) is 29.2. The summed E-state index contributed by atoms with van der Waals surface area (Å²) >= 11 is 1.45. The predicted molar refractivity (Wildman–Crippen MR) is 200 cm³/mol. The number of carbonyl (C=O) groups excluding carboxylic acids is 3. The van der Waals surface area contributed by atoms with E-state index >= 15 is 0 Å². The van der Waals surface area contributed by atoms with E-state index in [9.17, 15) is 29.1 Å². The molecule has 0 unspecified atom stereocenters. The summed E-state index contributed by atoms with van der Waals surface area (Å²) in [5.74, 6) is -2.81. The molecule has 0 bridgehead atoms. The number of thiophene rings is 1. The van der Waals surface area contributed by atoms with Gasteiger partial charge in [0.1, 0.15) is 5.00 Å². The van der Waals surface area contributed by atoms with Gasteiger partial charge < -0.3 is 25.7 Å². The summed E-state index contributed by atoms with van der Waals surface area (Å²) in [6.07, 6.45) is 7.45. The molecule has 3 amide bonds. The topological polar surface area (TPSA) is 153 Å². The lowest BCUT2D eigenvalue weighted by Gasteiger charge is -2.35. The molecular formula is C41H43N3O7S. The lowest BCUT2D eigenvalue weighted by Crippen LogP contribution is -2.41. The fraction of sp³-hybridized carbons (Fsp3) is 0.341. The maximum atomic E-state index is 13.8. The highest BCUT2D eigenvalue weighted by molar-refractivity contribution is 7.17. The average Bonchev–Trinajstić information content (AvgIpc) is 3.51. The van der Waals surface area contributed by atoms with E-state index in [1.54, 1.807) is 35.2 Å². The molecule has 2 aliphatic rings. The predicted octanol–water partition coefficient (Wildman–Crippen LogP) is 7.61. The molecule has 10 nitrogen and oxygen atoms in total. The molecule has 270 valence electrons. The number of rotatable bonds is 12. The zero-order chi connectivity index (χ0) is 36.8. The number of aryl methyl sites for hydroxylation is 3. The first-order chi connectivity index (χ1) is 25.0. The number of nitrogens with one attached hydrogen (secondary N) is 2. The van der Waals surface area contributed by atoms with Crippen molar-refractivity contribution in [3.63, 3.8) is 0 Å². The van der Waals surface area contributed by atoms with Crippen molar-refractivity contribution in [2.75, 3.05) is 10.6 Å². The van der Waals surface area contributed by atoms with Crippen molar-refractivity contribution >= 4 is 51.7 Å². The number of hydrogen-bond donors (Lipinski definition) is 4. The number of nitrogens with zero attached hydrogens (tertiary/aromatic N) is 1. The molecule has 0 radical (unpaired) electrons. The van der Waals surface area contributed by atoms with Gasteiger partial charge in [-0.15, -0.1) is 11.3 Å². The minimum atomic E-state index is -0.947. The number of aromatic carboxylic acids is 1. The van der Waals surface area contributed by atoms with Gasteiger partial charge >= 0.3 is 11.9 Å². The maximum Gasteiger partial charge on any atom is 0.335 e. The molecule has 1 heterocycles. The van der Waals surface area contributed by atoms with Crippen molar-refractivity contribution in [3.8, 4) is 0 Å². The number of anilines is 2. The number of hydrogen-bond acceptors (Lipinski definition) is 6. The SMILES string of the molecule is CC(=O)N(Cc1cccc(C(=O)Nc2sc3c(c2C(=O)Nc2ccc(CCc4ccc(C(=O)O)cc4)cc2)CCCC3)c1)C1CCC(C(=O)O)CC1. The molecule has 0 spiro atoms. The van der Waals surface area contributed by atoms with Gasteiger partial charge in [-0.05, 0) is 123 Å². The minimum Gasteiger partial charge on any atom is -0.481 e. The van der Waals surface area contributed by atoms with Crippen LogP contribution in [0.5, 0.6) is 0 Å². The second-order valence-electron chi connectivity index (χ2n) is 13.7. The molecule has 1 aromatic heterocycles. The third kappa shape index (κ3) is 8.77. The summed E-state index contributed by atoms with van der Waals surface area (Å²) in [6.45, 7) is 1.84. The van der Waals surface area contributed by atoms with Crippen LogP contribution in [-0.4, -0.2) is 50.8 Å². The number of aliphatic carboxylic acids is 1. The number of fused-ring (bicyclic) bond motifs is 1. The normalized spacial score (nSPS) is 16.7. The van der Waals surface area contributed by atoms with Gasteiger partial charge in [-0.2, -0.15) is 0 Å². The Labute approximate surface area is 306 Å². The highest BCUT2D eigenvalue weighted by Gasteiger charge is 2.31. The molecule has 11 heteroatoms. The Hall–Kier alpha value is -5.29. The Balaban J connectivity index is 1.12. The summed E-state index contributed by atoms with van der Waals surface area (Å²) in [7, 11) is 0. The summed E-state index contributed by atoms with van der Waals surface area (Å²) in [4.78, 5) is 65.6. The number of benzene rings is 3. The number of carboxylic acids is 2. The summed E-state index contributed by atoms with van der Waals surface area (Å²) < 4.78 is 0. The van der Waals surface area contributed by atoms with Crippen LogP contribution in [0.1, 0.15) is 104 Å². The maximum absolute atomic E-state index is 13.8. The van der Waals surface area contributed by atoms with Gasteiger partial charge in [-0.1, -0.05) is 36.4 Å². The van der Waals surface area contributed by atoms with Gasteiger partial charge in [0.25, 0.3) is 11.8 Å². The summed E-state index contributed by atoms with van der Waals surface area (Å²) in [5.41, 5.74) is 5.73.